The number of anilines is 2. The molecule has 2 amide bonds. The fourth-order valence-corrected chi connectivity index (χ4v) is 4.46. The number of rotatable bonds is 6. The van der Waals surface area contributed by atoms with E-state index in [9.17, 15) is 18.0 Å². The van der Waals surface area contributed by atoms with Gasteiger partial charge in [0.05, 0.1) is 16.1 Å². The molecule has 1 saturated heterocycles. The Balaban J connectivity index is 1.42. The molecule has 3 aromatic rings. The zero-order chi connectivity index (χ0) is 22.9. The van der Waals surface area contributed by atoms with Gasteiger partial charge in [-0.3, -0.25) is 14.9 Å². The number of nitrogens with zero attached hydrogens (tertiary/aromatic N) is 3. The van der Waals surface area contributed by atoms with E-state index < -0.39 is 21.0 Å². The van der Waals surface area contributed by atoms with Gasteiger partial charge in [0.15, 0.2) is 9.84 Å². The molecule has 1 unspecified atom stereocenters. The average molecular weight is 455 g/mol. The maximum absolute atomic E-state index is 12.6. The van der Waals surface area contributed by atoms with Crippen molar-refractivity contribution in [3.05, 3.63) is 54.6 Å². The minimum atomic E-state index is -3.38. The lowest BCUT2D eigenvalue weighted by Gasteiger charge is -2.16. The number of nitrogens with one attached hydrogen (secondary N) is 1. The van der Waals surface area contributed by atoms with Gasteiger partial charge in [-0.15, -0.1) is 5.10 Å². The van der Waals surface area contributed by atoms with Crippen molar-refractivity contribution >= 4 is 33.4 Å². The highest BCUT2D eigenvalue weighted by Crippen LogP contribution is 2.27. The second-order valence-electron chi connectivity index (χ2n) is 7.76. The van der Waals surface area contributed by atoms with Crippen molar-refractivity contribution < 1.29 is 22.4 Å². The smallest absolute Gasteiger partial charge is 0.322 e. The van der Waals surface area contributed by atoms with Crippen LogP contribution in [0.4, 0.5) is 11.7 Å². The highest BCUT2D eigenvalue weighted by Gasteiger charge is 2.35. The van der Waals surface area contributed by atoms with Crippen molar-refractivity contribution in [1.82, 2.24) is 10.2 Å². The molecule has 0 spiro atoms. The predicted molar refractivity (Wildman–Crippen MR) is 118 cm³/mol. The number of carbonyl (C=O) groups excluding carboxylic acids is 2. The number of carbonyl (C=O) groups is 2. The van der Waals surface area contributed by atoms with Crippen LogP contribution in [0.1, 0.15) is 20.3 Å². The van der Waals surface area contributed by atoms with Crippen molar-refractivity contribution in [3.63, 3.8) is 0 Å². The van der Waals surface area contributed by atoms with E-state index in [-0.39, 0.29) is 41.6 Å². The molecule has 10 heteroatoms. The largest absolute Gasteiger partial charge is 0.403 e. The third-order valence-corrected chi connectivity index (χ3v) is 7.44. The van der Waals surface area contributed by atoms with Gasteiger partial charge >= 0.3 is 6.01 Å². The lowest BCUT2D eigenvalue weighted by molar-refractivity contribution is -0.122. The van der Waals surface area contributed by atoms with Crippen LogP contribution in [0, 0.1) is 5.92 Å². The number of benzene rings is 2. The first-order valence-electron chi connectivity index (χ1n) is 10.1. The molecule has 0 aliphatic carbocycles. The van der Waals surface area contributed by atoms with Crippen LogP contribution in [0.2, 0.25) is 0 Å². The van der Waals surface area contributed by atoms with Gasteiger partial charge in [-0.2, -0.15) is 0 Å². The van der Waals surface area contributed by atoms with E-state index in [0.29, 0.717) is 5.56 Å². The molecule has 166 valence electrons. The van der Waals surface area contributed by atoms with Crippen LogP contribution in [0.5, 0.6) is 0 Å². The van der Waals surface area contributed by atoms with E-state index in [2.05, 4.69) is 15.5 Å². The van der Waals surface area contributed by atoms with E-state index in [4.69, 9.17) is 4.42 Å². The van der Waals surface area contributed by atoms with Crippen molar-refractivity contribution in [1.29, 1.82) is 0 Å². The summed E-state index contributed by atoms with van der Waals surface area (Å²) < 4.78 is 30.0. The fraction of sp³-hybridized carbons (Fsp3) is 0.273. The summed E-state index contributed by atoms with van der Waals surface area (Å²) in [6, 6.07) is 15.2. The summed E-state index contributed by atoms with van der Waals surface area (Å²) in [6.45, 7) is 3.50. The molecule has 2 aromatic carbocycles. The molecule has 0 radical (unpaired) electrons. The number of amides is 2. The molecule has 1 aromatic heterocycles. The van der Waals surface area contributed by atoms with Crippen LogP contribution in [-0.4, -0.2) is 42.2 Å². The Labute approximate surface area is 185 Å². The summed E-state index contributed by atoms with van der Waals surface area (Å²) in [4.78, 5) is 26.7. The highest BCUT2D eigenvalue weighted by atomic mass is 32.2. The molecule has 32 heavy (non-hydrogen) atoms. The second kappa shape index (κ2) is 8.54. The average Bonchev–Trinajstić information content (AvgIpc) is 3.41. The van der Waals surface area contributed by atoms with Crippen molar-refractivity contribution in [2.45, 2.75) is 30.4 Å². The zero-order valence-corrected chi connectivity index (χ0v) is 18.4. The molecule has 1 aliphatic rings. The van der Waals surface area contributed by atoms with Crippen LogP contribution in [-0.2, 0) is 19.4 Å². The maximum Gasteiger partial charge on any atom is 0.322 e. The molecule has 9 nitrogen and oxygen atoms in total. The second-order valence-corrected chi connectivity index (χ2v) is 10.3. The number of sulfone groups is 1. The molecular formula is C22H22N4O5S. The summed E-state index contributed by atoms with van der Waals surface area (Å²) in [5.74, 6) is -0.912. The summed E-state index contributed by atoms with van der Waals surface area (Å²) >= 11 is 0. The number of aromatic nitrogens is 2. The Kier molecular flexibility index (Phi) is 5.79. The Bertz CT molecular complexity index is 1240. The van der Waals surface area contributed by atoms with Crippen molar-refractivity contribution in [2.24, 2.45) is 5.92 Å². The highest BCUT2D eigenvalue weighted by molar-refractivity contribution is 7.92. The quantitative estimate of drug-likeness (QED) is 0.607. The number of hydrogen-bond acceptors (Lipinski definition) is 7. The van der Waals surface area contributed by atoms with Crippen LogP contribution in [0.15, 0.2) is 63.9 Å². The summed E-state index contributed by atoms with van der Waals surface area (Å²) in [5, 5.41) is 9.78. The molecule has 2 heterocycles. The predicted octanol–water partition coefficient (Wildman–Crippen LogP) is 2.91. The standard InChI is InChI=1S/C22H22N4O5S/c1-14(2)32(29,30)18-10-8-15(9-11-18)21-24-25-22(31-21)23-20(28)16-12-19(27)26(13-16)17-6-4-3-5-7-17/h3-11,14,16H,12-13H2,1-2H3,(H,23,25,28). The van der Waals surface area contributed by atoms with Gasteiger partial charge in [0.1, 0.15) is 0 Å². The third-order valence-electron chi connectivity index (χ3n) is 5.27. The van der Waals surface area contributed by atoms with Gasteiger partial charge in [0.25, 0.3) is 0 Å². The molecule has 0 bridgehead atoms. The van der Waals surface area contributed by atoms with E-state index in [1.165, 1.54) is 12.1 Å². The van der Waals surface area contributed by atoms with Crippen LogP contribution in [0.3, 0.4) is 0 Å². The van der Waals surface area contributed by atoms with Gasteiger partial charge in [0, 0.05) is 24.2 Å². The normalized spacial score (nSPS) is 16.5. The van der Waals surface area contributed by atoms with Crippen molar-refractivity contribution in [2.75, 3.05) is 16.8 Å². The number of hydrogen-bond donors (Lipinski definition) is 1. The third kappa shape index (κ3) is 4.26. The van der Waals surface area contributed by atoms with Gasteiger partial charge in [-0.1, -0.05) is 23.3 Å². The molecule has 1 aliphatic heterocycles. The van der Waals surface area contributed by atoms with Crippen LogP contribution in [0.25, 0.3) is 11.5 Å². The lowest BCUT2D eigenvalue weighted by Crippen LogP contribution is -2.28. The van der Waals surface area contributed by atoms with Gasteiger partial charge in [-0.25, -0.2) is 8.42 Å². The Morgan fingerprint density at radius 3 is 2.44 bits per heavy atom. The zero-order valence-electron chi connectivity index (χ0n) is 17.6. The van der Waals surface area contributed by atoms with Crippen molar-refractivity contribution in [3.8, 4) is 11.5 Å². The van der Waals surface area contributed by atoms with Crippen LogP contribution < -0.4 is 10.2 Å². The summed E-state index contributed by atoms with van der Waals surface area (Å²) in [5.41, 5.74) is 1.27. The van der Waals surface area contributed by atoms with E-state index in [0.717, 1.165) is 5.69 Å². The monoisotopic (exact) mass is 454 g/mol. The first-order chi connectivity index (χ1) is 15.3. The first-order valence-corrected chi connectivity index (χ1v) is 11.6. The molecule has 1 atom stereocenters. The van der Waals surface area contributed by atoms with Gasteiger partial charge < -0.3 is 9.32 Å². The van der Waals surface area contributed by atoms with E-state index in [1.807, 2.05) is 30.3 Å². The van der Waals surface area contributed by atoms with E-state index >= 15 is 0 Å². The maximum atomic E-state index is 12.6. The van der Waals surface area contributed by atoms with Gasteiger partial charge in [-0.05, 0) is 50.2 Å². The summed E-state index contributed by atoms with van der Waals surface area (Å²) in [6.07, 6.45) is 0.0908. The molecule has 1 N–H and O–H groups in total. The molecule has 0 saturated carbocycles. The first kappa shape index (κ1) is 21.7. The topological polar surface area (TPSA) is 122 Å². The minimum absolute atomic E-state index is 0.0884. The van der Waals surface area contributed by atoms with Crippen LogP contribution >= 0.6 is 0 Å². The SMILES string of the molecule is CC(C)S(=O)(=O)c1ccc(-c2nnc(NC(=O)C3CC(=O)N(c4ccccc4)C3)o2)cc1. The molecule has 4 rings (SSSR count). The fourth-order valence-electron chi connectivity index (χ4n) is 3.40. The Morgan fingerprint density at radius 1 is 1.09 bits per heavy atom. The Hall–Kier alpha value is -3.53. The number of para-hydroxylation sites is 1. The minimum Gasteiger partial charge on any atom is -0.403 e. The lowest BCUT2D eigenvalue weighted by atomic mass is 10.1. The molecular weight excluding hydrogens is 432 g/mol. The van der Waals surface area contributed by atoms with E-state index in [1.54, 1.807) is 30.9 Å². The molecule has 1 fully saturated rings. The van der Waals surface area contributed by atoms with Gasteiger partial charge in [0.2, 0.25) is 17.7 Å². The Morgan fingerprint density at radius 2 is 1.78 bits per heavy atom. The summed E-state index contributed by atoms with van der Waals surface area (Å²) in [7, 11) is -3.38.